The van der Waals surface area contributed by atoms with Crippen LogP contribution in [0.5, 0.6) is 0 Å². The lowest BCUT2D eigenvalue weighted by molar-refractivity contribution is -0.132. The summed E-state index contributed by atoms with van der Waals surface area (Å²) in [5, 5.41) is 2.42. The third-order valence-corrected chi connectivity index (χ3v) is 8.28. The summed E-state index contributed by atoms with van der Waals surface area (Å²) in [5.74, 6) is -0.677. The Bertz CT molecular complexity index is 1180. The molecule has 4 rings (SSSR count). The van der Waals surface area contributed by atoms with E-state index in [1.54, 1.807) is 16.2 Å². The monoisotopic (exact) mass is 478 g/mol. The zero-order chi connectivity index (χ0) is 22.0. The van der Waals surface area contributed by atoms with Gasteiger partial charge in [-0.05, 0) is 65.4 Å². The predicted octanol–water partition coefficient (Wildman–Crippen LogP) is 4.32. The quantitative estimate of drug-likeness (QED) is 0.530. The second kappa shape index (κ2) is 9.08. The first-order chi connectivity index (χ1) is 14.8. The minimum absolute atomic E-state index is 0.0468. The highest BCUT2D eigenvalue weighted by molar-refractivity contribution is 7.89. The fraction of sp³-hybridized carbons (Fsp3) is 0.227. The molecule has 2 aromatic carbocycles. The summed E-state index contributed by atoms with van der Waals surface area (Å²) < 4.78 is 41.1. The van der Waals surface area contributed by atoms with Crippen LogP contribution in [0.3, 0.4) is 0 Å². The number of carbonyl (C=O) groups excluding carboxylic acids is 1. The van der Waals surface area contributed by atoms with Crippen LogP contribution in [0.25, 0.3) is 0 Å². The molecular weight excluding hydrogens is 459 g/mol. The Morgan fingerprint density at radius 2 is 1.81 bits per heavy atom. The minimum atomic E-state index is -3.97. The van der Waals surface area contributed by atoms with Gasteiger partial charge in [-0.2, -0.15) is 4.31 Å². The zero-order valence-electron chi connectivity index (χ0n) is 16.5. The molecule has 31 heavy (non-hydrogen) atoms. The van der Waals surface area contributed by atoms with Crippen molar-refractivity contribution < 1.29 is 17.6 Å². The molecule has 162 valence electrons. The second-order valence-electron chi connectivity index (χ2n) is 7.29. The number of fused-ring (bicyclic) bond motifs is 1. The van der Waals surface area contributed by atoms with Gasteiger partial charge in [-0.25, -0.2) is 12.8 Å². The fourth-order valence-corrected chi connectivity index (χ4v) is 5.88. The molecule has 0 aliphatic carbocycles. The van der Waals surface area contributed by atoms with E-state index in [0.717, 1.165) is 16.3 Å². The van der Waals surface area contributed by atoms with Crippen LogP contribution in [0.1, 0.15) is 16.0 Å². The maximum Gasteiger partial charge on any atom is 0.243 e. The number of thiophene rings is 1. The van der Waals surface area contributed by atoms with E-state index in [9.17, 15) is 17.6 Å². The summed E-state index contributed by atoms with van der Waals surface area (Å²) in [4.78, 5) is 16.1. The SMILES string of the molecule is O=C(CN(Cc1ccc(F)cc1)S(=O)(=O)c1ccc(Cl)cc1)N1CCc2sccc2C1. The highest BCUT2D eigenvalue weighted by atomic mass is 35.5. The summed E-state index contributed by atoms with van der Waals surface area (Å²) in [6.45, 7) is 0.678. The first kappa shape index (κ1) is 22.0. The molecule has 1 aliphatic rings. The number of nitrogens with zero attached hydrogens (tertiary/aromatic N) is 2. The van der Waals surface area contributed by atoms with Crippen molar-refractivity contribution in [1.29, 1.82) is 0 Å². The van der Waals surface area contributed by atoms with Gasteiger partial charge >= 0.3 is 0 Å². The Kier molecular flexibility index (Phi) is 6.43. The molecule has 5 nitrogen and oxygen atoms in total. The van der Waals surface area contributed by atoms with E-state index < -0.39 is 15.8 Å². The van der Waals surface area contributed by atoms with Gasteiger partial charge in [0.05, 0.1) is 11.4 Å². The molecule has 0 radical (unpaired) electrons. The molecular formula is C22H20ClFN2O3S2. The number of sulfonamides is 1. The van der Waals surface area contributed by atoms with Gasteiger partial charge in [0, 0.05) is 29.5 Å². The topological polar surface area (TPSA) is 57.7 Å². The van der Waals surface area contributed by atoms with Crippen molar-refractivity contribution in [2.24, 2.45) is 0 Å². The molecule has 1 amide bonds. The van der Waals surface area contributed by atoms with Crippen molar-refractivity contribution in [3.63, 3.8) is 0 Å². The van der Waals surface area contributed by atoms with Crippen molar-refractivity contribution in [3.8, 4) is 0 Å². The molecule has 3 aromatic rings. The molecule has 0 fully saturated rings. The van der Waals surface area contributed by atoms with E-state index >= 15 is 0 Å². The second-order valence-corrected chi connectivity index (χ2v) is 10.7. The maximum absolute atomic E-state index is 13.3. The molecule has 0 saturated heterocycles. The van der Waals surface area contributed by atoms with Crippen molar-refractivity contribution >= 4 is 38.9 Å². The average molecular weight is 479 g/mol. The number of hydrogen-bond donors (Lipinski definition) is 0. The third-order valence-electron chi connectivity index (χ3n) is 5.20. The van der Waals surface area contributed by atoms with Crippen molar-refractivity contribution in [2.75, 3.05) is 13.1 Å². The molecule has 0 N–H and O–H groups in total. The lowest BCUT2D eigenvalue weighted by Crippen LogP contribution is -2.44. The molecule has 0 atom stereocenters. The van der Waals surface area contributed by atoms with Crippen LogP contribution in [-0.2, 0) is 34.3 Å². The molecule has 1 aliphatic heterocycles. The van der Waals surface area contributed by atoms with Gasteiger partial charge in [0.25, 0.3) is 0 Å². The van der Waals surface area contributed by atoms with E-state index in [0.29, 0.717) is 23.7 Å². The number of hydrogen-bond acceptors (Lipinski definition) is 4. The zero-order valence-corrected chi connectivity index (χ0v) is 18.9. The highest BCUT2D eigenvalue weighted by Gasteiger charge is 2.30. The van der Waals surface area contributed by atoms with Crippen LogP contribution in [-0.4, -0.2) is 36.6 Å². The molecule has 0 unspecified atom stereocenters. The van der Waals surface area contributed by atoms with Crippen molar-refractivity contribution in [3.05, 3.63) is 86.8 Å². The lowest BCUT2D eigenvalue weighted by atomic mass is 10.1. The normalized spacial score (nSPS) is 14.0. The van der Waals surface area contributed by atoms with Gasteiger partial charge in [0.15, 0.2) is 0 Å². The number of rotatable bonds is 6. The standard InChI is InChI=1S/C22H20ClFN2O3S2/c23-18-3-7-20(8-4-18)31(28,29)26(13-16-1-5-19(24)6-2-16)15-22(27)25-11-9-21-17(14-25)10-12-30-21/h1-8,10,12H,9,11,13-15H2. The van der Waals surface area contributed by atoms with Gasteiger partial charge < -0.3 is 4.90 Å². The van der Waals surface area contributed by atoms with E-state index in [1.165, 1.54) is 53.4 Å². The maximum atomic E-state index is 13.3. The summed E-state index contributed by atoms with van der Waals surface area (Å²) in [6, 6.07) is 13.4. The Hall–Kier alpha value is -2.26. The summed E-state index contributed by atoms with van der Waals surface area (Å²) in [5.41, 5.74) is 1.70. The Balaban J connectivity index is 1.59. The predicted molar refractivity (Wildman–Crippen MR) is 119 cm³/mol. The molecule has 0 spiro atoms. The van der Waals surface area contributed by atoms with Crippen LogP contribution < -0.4 is 0 Å². The fourth-order valence-electron chi connectivity index (χ4n) is 3.49. The van der Waals surface area contributed by atoms with E-state index in [4.69, 9.17) is 11.6 Å². The van der Waals surface area contributed by atoms with Crippen molar-refractivity contribution in [1.82, 2.24) is 9.21 Å². The molecule has 1 aromatic heterocycles. The number of benzene rings is 2. The van der Waals surface area contributed by atoms with E-state index in [-0.39, 0.29) is 23.9 Å². The smallest absolute Gasteiger partial charge is 0.243 e. The van der Waals surface area contributed by atoms with Crippen LogP contribution >= 0.6 is 22.9 Å². The third kappa shape index (κ3) is 4.98. The molecule has 0 bridgehead atoms. The number of carbonyl (C=O) groups is 1. The summed E-state index contributed by atoms with van der Waals surface area (Å²) in [6.07, 6.45) is 0.765. The van der Waals surface area contributed by atoms with Crippen LogP contribution in [0.4, 0.5) is 4.39 Å². The summed E-state index contributed by atoms with van der Waals surface area (Å²) >= 11 is 7.57. The van der Waals surface area contributed by atoms with Crippen LogP contribution in [0.2, 0.25) is 5.02 Å². The molecule has 2 heterocycles. The first-order valence-electron chi connectivity index (χ1n) is 9.66. The van der Waals surface area contributed by atoms with E-state index in [2.05, 4.69) is 0 Å². The first-order valence-corrected chi connectivity index (χ1v) is 12.4. The lowest BCUT2D eigenvalue weighted by Gasteiger charge is -2.30. The minimum Gasteiger partial charge on any atom is -0.337 e. The van der Waals surface area contributed by atoms with Gasteiger partial charge in [-0.1, -0.05) is 23.7 Å². The molecule has 0 saturated carbocycles. The molecule has 9 heteroatoms. The number of amides is 1. The van der Waals surface area contributed by atoms with Gasteiger partial charge in [-0.15, -0.1) is 11.3 Å². The van der Waals surface area contributed by atoms with Gasteiger partial charge in [0.2, 0.25) is 15.9 Å². The number of halogens is 2. The van der Waals surface area contributed by atoms with E-state index in [1.807, 2.05) is 11.4 Å². The summed E-state index contributed by atoms with van der Waals surface area (Å²) in [7, 11) is -3.97. The highest BCUT2D eigenvalue weighted by Crippen LogP contribution is 2.25. The van der Waals surface area contributed by atoms with Crippen LogP contribution in [0.15, 0.2) is 64.9 Å². The van der Waals surface area contributed by atoms with Crippen molar-refractivity contribution in [2.45, 2.75) is 24.4 Å². The Morgan fingerprint density at radius 3 is 2.52 bits per heavy atom. The van der Waals surface area contributed by atoms with Gasteiger partial charge in [0.1, 0.15) is 5.82 Å². The Labute approximate surface area is 189 Å². The average Bonchev–Trinajstić information content (AvgIpc) is 3.23. The van der Waals surface area contributed by atoms with Gasteiger partial charge in [-0.3, -0.25) is 4.79 Å². The largest absolute Gasteiger partial charge is 0.337 e. The van der Waals surface area contributed by atoms with Crippen LogP contribution in [0, 0.1) is 5.82 Å². The Morgan fingerprint density at radius 1 is 1.10 bits per heavy atom.